The molecule has 0 saturated heterocycles. The lowest BCUT2D eigenvalue weighted by molar-refractivity contribution is -0.127. The zero-order valence-electron chi connectivity index (χ0n) is 9.04. The Labute approximate surface area is 90.2 Å². The number of rotatable bonds is 3. The summed E-state index contributed by atoms with van der Waals surface area (Å²) in [4.78, 5) is 11.9. The second-order valence-electron chi connectivity index (χ2n) is 4.96. The summed E-state index contributed by atoms with van der Waals surface area (Å²) in [6.45, 7) is 0.466. The highest BCUT2D eigenvalue weighted by Gasteiger charge is 2.48. The third kappa shape index (κ3) is 2.32. The fourth-order valence-electron chi connectivity index (χ4n) is 2.23. The molecular formula is C11H20N2O2. The highest BCUT2D eigenvalue weighted by atomic mass is 16.3. The lowest BCUT2D eigenvalue weighted by Crippen LogP contribution is -2.44. The Morgan fingerprint density at radius 3 is 2.40 bits per heavy atom. The van der Waals surface area contributed by atoms with Crippen LogP contribution in [0.4, 0.5) is 0 Å². The Morgan fingerprint density at radius 2 is 1.93 bits per heavy atom. The molecule has 0 aromatic carbocycles. The molecule has 0 aromatic rings. The summed E-state index contributed by atoms with van der Waals surface area (Å²) in [5, 5.41) is 12.4. The number of hydrogen-bond donors (Lipinski definition) is 3. The molecule has 2 fully saturated rings. The van der Waals surface area contributed by atoms with E-state index >= 15 is 0 Å². The van der Waals surface area contributed by atoms with Crippen LogP contribution in [-0.2, 0) is 4.79 Å². The third-order valence-corrected chi connectivity index (χ3v) is 3.76. The van der Waals surface area contributed by atoms with Crippen LogP contribution in [0.1, 0.15) is 38.5 Å². The van der Waals surface area contributed by atoms with E-state index in [2.05, 4.69) is 5.32 Å². The van der Waals surface area contributed by atoms with Crippen molar-refractivity contribution in [3.63, 3.8) is 0 Å². The van der Waals surface area contributed by atoms with Crippen molar-refractivity contribution >= 4 is 5.91 Å². The topological polar surface area (TPSA) is 75.4 Å². The smallest absolute Gasteiger partial charge is 0.227 e. The Balaban J connectivity index is 1.79. The molecular weight excluding hydrogens is 192 g/mol. The summed E-state index contributed by atoms with van der Waals surface area (Å²) < 4.78 is 0. The Morgan fingerprint density at radius 1 is 1.33 bits per heavy atom. The van der Waals surface area contributed by atoms with Gasteiger partial charge in [-0.2, -0.15) is 0 Å². The highest BCUT2D eigenvalue weighted by Crippen LogP contribution is 2.44. The van der Waals surface area contributed by atoms with Crippen LogP contribution in [0.3, 0.4) is 0 Å². The summed E-state index contributed by atoms with van der Waals surface area (Å²) in [5.74, 6) is 0.131. The van der Waals surface area contributed by atoms with Crippen molar-refractivity contribution in [3.8, 4) is 0 Å². The molecule has 0 bridgehead atoms. The number of aliphatic hydroxyl groups excluding tert-OH is 1. The summed E-state index contributed by atoms with van der Waals surface area (Å²) in [7, 11) is 0. The minimum Gasteiger partial charge on any atom is -0.393 e. The quantitative estimate of drug-likeness (QED) is 0.623. The molecule has 4 heteroatoms. The molecule has 0 heterocycles. The Hall–Kier alpha value is -0.610. The fourth-order valence-corrected chi connectivity index (χ4v) is 2.23. The van der Waals surface area contributed by atoms with Gasteiger partial charge in [0, 0.05) is 12.6 Å². The van der Waals surface area contributed by atoms with Gasteiger partial charge in [0.05, 0.1) is 11.5 Å². The van der Waals surface area contributed by atoms with Gasteiger partial charge in [-0.05, 0) is 38.5 Å². The number of carbonyl (C=O) groups excluding carboxylic acids is 1. The van der Waals surface area contributed by atoms with E-state index in [0.717, 1.165) is 38.5 Å². The van der Waals surface area contributed by atoms with Crippen molar-refractivity contribution in [3.05, 3.63) is 0 Å². The van der Waals surface area contributed by atoms with Crippen molar-refractivity contribution < 1.29 is 9.90 Å². The summed E-state index contributed by atoms with van der Waals surface area (Å²) in [6.07, 6.45) is 5.11. The van der Waals surface area contributed by atoms with E-state index in [1.807, 2.05) is 0 Å². The van der Waals surface area contributed by atoms with Crippen molar-refractivity contribution in [2.24, 2.45) is 11.1 Å². The van der Waals surface area contributed by atoms with Gasteiger partial charge in [-0.15, -0.1) is 0 Å². The zero-order chi connectivity index (χ0) is 10.9. The molecule has 0 aromatic heterocycles. The maximum atomic E-state index is 11.9. The summed E-state index contributed by atoms with van der Waals surface area (Å²) >= 11 is 0. The maximum Gasteiger partial charge on any atom is 0.227 e. The van der Waals surface area contributed by atoms with Crippen LogP contribution in [0.15, 0.2) is 0 Å². The minimum absolute atomic E-state index is 0.131. The summed E-state index contributed by atoms with van der Waals surface area (Å²) in [6, 6.07) is 0.255. The molecule has 0 atom stereocenters. The number of carbonyl (C=O) groups is 1. The highest BCUT2D eigenvalue weighted by molar-refractivity contribution is 5.85. The van der Waals surface area contributed by atoms with Crippen molar-refractivity contribution in [2.75, 3.05) is 6.54 Å². The fraction of sp³-hybridized carbons (Fsp3) is 0.909. The molecule has 2 aliphatic carbocycles. The Kier molecular flexibility index (Phi) is 2.98. The molecule has 2 saturated carbocycles. The van der Waals surface area contributed by atoms with Crippen LogP contribution >= 0.6 is 0 Å². The first kappa shape index (κ1) is 10.9. The minimum atomic E-state index is -0.240. The summed E-state index contributed by atoms with van der Waals surface area (Å²) in [5.41, 5.74) is 5.36. The van der Waals surface area contributed by atoms with Gasteiger partial charge in [-0.25, -0.2) is 0 Å². The predicted octanol–water partition coefficient (Wildman–Crippen LogP) is 0.145. The van der Waals surface area contributed by atoms with Gasteiger partial charge >= 0.3 is 0 Å². The van der Waals surface area contributed by atoms with Gasteiger partial charge in [0.2, 0.25) is 5.91 Å². The third-order valence-electron chi connectivity index (χ3n) is 3.76. The van der Waals surface area contributed by atoms with Crippen LogP contribution in [-0.4, -0.2) is 29.7 Å². The van der Waals surface area contributed by atoms with Gasteiger partial charge in [-0.3, -0.25) is 4.79 Å². The van der Waals surface area contributed by atoms with Crippen molar-refractivity contribution in [1.82, 2.24) is 5.32 Å². The number of amides is 1. The van der Waals surface area contributed by atoms with E-state index in [4.69, 9.17) is 5.73 Å². The molecule has 2 rings (SSSR count). The van der Waals surface area contributed by atoms with Gasteiger partial charge in [0.15, 0.2) is 0 Å². The second kappa shape index (κ2) is 4.10. The van der Waals surface area contributed by atoms with E-state index < -0.39 is 0 Å². The lowest BCUT2D eigenvalue weighted by Gasteiger charge is -2.27. The largest absolute Gasteiger partial charge is 0.393 e. The number of hydrogen-bond acceptors (Lipinski definition) is 3. The maximum absolute atomic E-state index is 11.9. The van der Waals surface area contributed by atoms with E-state index in [1.54, 1.807) is 0 Å². The SMILES string of the molecule is NCC1(C(=O)NC2CCC(O)CC2)CC1. The van der Waals surface area contributed by atoms with Gasteiger partial charge < -0.3 is 16.2 Å². The van der Waals surface area contributed by atoms with E-state index in [9.17, 15) is 9.90 Å². The first-order valence-corrected chi connectivity index (χ1v) is 5.85. The molecule has 0 spiro atoms. The molecule has 86 valence electrons. The molecule has 2 aliphatic rings. The van der Waals surface area contributed by atoms with E-state index in [0.29, 0.717) is 6.54 Å². The molecule has 0 unspecified atom stereocenters. The number of aliphatic hydroxyl groups is 1. The van der Waals surface area contributed by atoms with Crippen LogP contribution in [0.2, 0.25) is 0 Å². The standard InChI is InChI=1S/C11H20N2O2/c12-7-11(5-6-11)10(15)13-8-1-3-9(14)4-2-8/h8-9,14H,1-7,12H2,(H,13,15). The number of nitrogens with two attached hydrogens (primary N) is 1. The average molecular weight is 212 g/mol. The first-order chi connectivity index (χ1) is 7.16. The molecule has 4 nitrogen and oxygen atoms in total. The predicted molar refractivity (Wildman–Crippen MR) is 57.1 cm³/mol. The zero-order valence-corrected chi connectivity index (χ0v) is 9.04. The molecule has 1 amide bonds. The van der Waals surface area contributed by atoms with Crippen molar-refractivity contribution in [2.45, 2.75) is 50.7 Å². The molecule has 4 N–H and O–H groups in total. The molecule has 15 heavy (non-hydrogen) atoms. The van der Waals surface area contributed by atoms with E-state index in [-0.39, 0.29) is 23.5 Å². The number of nitrogens with one attached hydrogen (secondary N) is 1. The first-order valence-electron chi connectivity index (χ1n) is 5.85. The van der Waals surface area contributed by atoms with Crippen LogP contribution in [0, 0.1) is 5.41 Å². The average Bonchev–Trinajstić information content (AvgIpc) is 3.02. The van der Waals surface area contributed by atoms with Crippen LogP contribution < -0.4 is 11.1 Å². The van der Waals surface area contributed by atoms with Gasteiger partial charge in [-0.1, -0.05) is 0 Å². The molecule has 0 radical (unpaired) electrons. The second-order valence-corrected chi connectivity index (χ2v) is 4.96. The van der Waals surface area contributed by atoms with E-state index in [1.165, 1.54) is 0 Å². The van der Waals surface area contributed by atoms with Crippen LogP contribution in [0.25, 0.3) is 0 Å². The Bertz CT molecular complexity index is 243. The van der Waals surface area contributed by atoms with Gasteiger partial charge in [0.25, 0.3) is 0 Å². The lowest BCUT2D eigenvalue weighted by atomic mass is 9.92. The van der Waals surface area contributed by atoms with Crippen molar-refractivity contribution in [1.29, 1.82) is 0 Å². The van der Waals surface area contributed by atoms with Crippen LogP contribution in [0.5, 0.6) is 0 Å². The normalized spacial score (nSPS) is 33.5. The van der Waals surface area contributed by atoms with Gasteiger partial charge in [0.1, 0.15) is 0 Å². The molecule has 0 aliphatic heterocycles. The monoisotopic (exact) mass is 212 g/mol.